The SMILES string of the molecule is CCOCCCn1c(C2CC2)nc2c1CCNC2. The van der Waals surface area contributed by atoms with Gasteiger partial charge in [-0.25, -0.2) is 4.98 Å². The Balaban J connectivity index is 1.74. The van der Waals surface area contributed by atoms with Crippen LogP contribution >= 0.6 is 0 Å². The first-order valence-electron chi connectivity index (χ1n) is 7.26. The molecule has 1 aromatic heterocycles. The number of fused-ring (bicyclic) bond motifs is 1. The standard InChI is InChI=1S/C14H23N3O/c1-2-18-9-3-8-17-13-6-7-15-10-12(13)16-14(17)11-4-5-11/h11,15H,2-10H2,1H3. The molecule has 0 amide bonds. The normalized spacial score (nSPS) is 18.9. The van der Waals surface area contributed by atoms with E-state index < -0.39 is 0 Å². The van der Waals surface area contributed by atoms with Crippen LogP contribution in [0.1, 0.15) is 49.3 Å². The number of hydrogen-bond donors (Lipinski definition) is 1. The number of nitrogens with zero attached hydrogens (tertiary/aromatic N) is 2. The molecule has 4 nitrogen and oxygen atoms in total. The van der Waals surface area contributed by atoms with Gasteiger partial charge in [-0.15, -0.1) is 0 Å². The highest BCUT2D eigenvalue weighted by Crippen LogP contribution is 2.40. The Morgan fingerprint density at radius 3 is 3.11 bits per heavy atom. The monoisotopic (exact) mass is 249 g/mol. The van der Waals surface area contributed by atoms with E-state index in [-0.39, 0.29) is 0 Å². The van der Waals surface area contributed by atoms with Gasteiger partial charge in [0.25, 0.3) is 0 Å². The Morgan fingerprint density at radius 1 is 1.44 bits per heavy atom. The maximum Gasteiger partial charge on any atom is 0.112 e. The van der Waals surface area contributed by atoms with Gasteiger partial charge in [-0.3, -0.25) is 0 Å². The molecule has 0 aromatic carbocycles. The van der Waals surface area contributed by atoms with Crippen LogP contribution in [-0.2, 0) is 24.2 Å². The minimum absolute atomic E-state index is 0.739. The Morgan fingerprint density at radius 2 is 2.33 bits per heavy atom. The lowest BCUT2D eigenvalue weighted by Gasteiger charge is -2.16. The van der Waals surface area contributed by atoms with E-state index >= 15 is 0 Å². The Kier molecular flexibility index (Phi) is 3.66. The summed E-state index contributed by atoms with van der Waals surface area (Å²) in [6.45, 7) is 6.86. The van der Waals surface area contributed by atoms with E-state index in [0.717, 1.165) is 51.6 Å². The van der Waals surface area contributed by atoms with E-state index in [9.17, 15) is 0 Å². The van der Waals surface area contributed by atoms with Gasteiger partial charge in [-0.1, -0.05) is 0 Å². The van der Waals surface area contributed by atoms with E-state index in [1.165, 1.54) is 30.1 Å². The third kappa shape index (κ3) is 2.45. The fourth-order valence-electron chi connectivity index (χ4n) is 2.76. The second kappa shape index (κ2) is 5.41. The molecule has 1 saturated carbocycles. The highest BCUT2D eigenvalue weighted by Gasteiger charge is 2.31. The zero-order chi connectivity index (χ0) is 12.4. The summed E-state index contributed by atoms with van der Waals surface area (Å²) < 4.78 is 7.94. The summed E-state index contributed by atoms with van der Waals surface area (Å²) in [7, 11) is 0. The highest BCUT2D eigenvalue weighted by atomic mass is 16.5. The predicted molar refractivity (Wildman–Crippen MR) is 70.7 cm³/mol. The first-order chi connectivity index (χ1) is 8.90. The van der Waals surface area contributed by atoms with Crippen LogP contribution in [0.2, 0.25) is 0 Å². The molecule has 0 radical (unpaired) electrons. The third-order valence-electron chi connectivity index (χ3n) is 3.83. The number of rotatable bonds is 6. The van der Waals surface area contributed by atoms with Gasteiger partial charge >= 0.3 is 0 Å². The van der Waals surface area contributed by atoms with Crippen molar-refractivity contribution in [2.75, 3.05) is 19.8 Å². The van der Waals surface area contributed by atoms with E-state index in [4.69, 9.17) is 9.72 Å². The van der Waals surface area contributed by atoms with Crippen molar-refractivity contribution < 1.29 is 4.74 Å². The molecule has 0 bridgehead atoms. The zero-order valence-electron chi connectivity index (χ0n) is 11.2. The molecule has 2 heterocycles. The summed E-state index contributed by atoms with van der Waals surface area (Å²) >= 11 is 0. The number of imidazole rings is 1. The number of hydrogen-bond acceptors (Lipinski definition) is 3. The smallest absolute Gasteiger partial charge is 0.112 e. The van der Waals surface area contributed by atoms with Crippen LogP contribution in [0.25, 0.3) is 0 Å². The molecule has 2 aliphatic rings. The largest absolute Gasteiger partial charge is 0.382 e. The predicted octanol–water partition coefficient (Wildman–Crippen LogP) is 1.83. The lowest BCUT2D eigenvalue weighted by atomic mass is 10.2. The topological polar surface area (TPSA) is 39.1 Å². The van der Waals surface area contributed by atoms with Crippen LogP contribution in [-0.4, -0.2) is 29.3 Å². The van der Waals surface area contributed by atoms with Crippen LogP contribution in [0.3, 0.4) is 0 Å². The van der Waals surface area contributed by atoms with Crippen molar-refractivity contribution in [3.8, 4) is 0 Å². The minimum atomic E-state index is 0.739. The summed E-state index contributed by atoms with van der Waals surface area (Å²) in [6.07, 6.45) is 4.89. The molecule has 18 heavy (non-hydrogen) atoms. The highest BCUT2D eigenvalue weighted by molar-refractivity contribution is 5.24. The molecule has 1 fully saturated rings. The van der Waals surface area contributed by atoms with E-state index in [2.05, 4.69) is 16.8 Å². The molecular formula is C14H23N3O. The molecule has 0 saturated heterocycles. The second-order valence-electron chi connectivity index (χ2n) is 5.27. The maximum atomic E-state index is 5.45. The van der Waals surface area contributed by atoms with Crippen molar-refractivity contribution in [1.82, 2.24) is 14.9 Å². The van der Waals surface area contributed by atoms with Crippen molar-refractivity contribution in [2.24, 2.45) is 0 Å². The Labute approximate surface area is 109 Å². The summed E-state index contributed by atoms with van der Waals surface area (Å²) in [6, 6.07) is 0. The zero-order valence-corrected chi connectivity index (χ0v) is 11.2. The van der Waals surface area contributed by atoms with Gasteiger partial charge in [-0.2, -0.15) is 0 Å². The molecule has 1 aliphatic carbocycles. The summed E-state index contributed by atoms with van der Waals surface area (Å²) in [5.74, 6) is 2.09. The van der Waals surface area contributed by atoms with Gasteiger partial charge in [0, 0.05) is 50.9 Å². The van der Waals surface area contributed by atoms with Gasteiger partial charge in [0.15, 0.2) is 0 Å². The van der Waals surface area contributed by atoms with Crippen LogP contribution in [0.15, 0.2) is 0 Å². The van der Waals surface area contributed by atoms with Gasteiger partial charge in [0.1, 0.15) is 5.82 Å². The van der Waals surface area contributed by atoms with Crippen LogP contribution in [0, 0.1) is 0 Å². The van der Waals surface area contributed by atoms with Crippen LogP contribution in [0.4, 0.5) is 0 Å². The fraction of sp³-hybridized carbons (Fsp3) is 0.786. The lowest BCUT2D eigenvalue weighted by molar-refractivity contribution is 0.141. The molecule has 0 atom stereocenters. The first kappa shape index (κ1) is 12.2. The van der Waals surface area contributed by atoms with Crippen LogP contribution in [0.5, 0.6) is 0 Å². The van der Waals surface area contributed by atoms with Crippen molar-refractivity contribution in [3.63, 3.8) is 0 Å². The van der Waals surface area contributed by atoms with Gasteiger partial charge in [0.05, 0.1) is 5.69 Å². The average molecular weight is 249 g/mol. The lowest BCUT2D eigenvalue weighted by Crippen LogP contribution is -2.25. The molecule has 1 N–H and O–H groups in total. The minimum Gasteiger partial charge on any atom is -0.382 e. The number of aromatic nitrogens is 2. The summed E-state index contributed by atoms with van der Waals surface area (Å²) in [5, 5.41) is 3.42. The number of ether oxygens (including phenoxy) is 1. The number of nitrogens with one attached hydrogen (secondary N) is 1. The fourth-order valence-corrected chi connectivity index (χ4v) is 2.76. The van der Waals surface area contributed by atoms with Gasteiger partial charge in [-0.05, 0) is 26.2 Å². The maximum absolute atomic E-state index is 5.45. The first-order valence-corrected chi connectivity index (χ1v) is 7.26. The molecule has 1 aliphatic heterocycles. The van der Waals surface area contributed by atoms with E-state index in [1.54, 1.807) is 0 Å². The molecular weight excluding hydrogens is 226 g/mol. The summed E-state index contributed by atoms with van der Waals surface area (Å²) in [5.41, 5.74) is 2.77. The van der Waals surface area contributed by atoms with Crippen molar-refractivity contribution in [1.29, 1.82) is 0 Å². The Bertz CT molecular complexity index is 409. The van der Waals surface area contributed by atoms with E-state index in [1.807, 2.05) is 0 Å². The van der Waals surface area contributed by atoms with Crippen molar-refractivity contribution >= 4 is 0 Å². The molecule has 4 heteroatoms. The van der Waals surface area contributed by atoms with E-state index in [0.29, 0.717) is 0 Å². The molecule has 100 valence electrons. The quantitative estimate of drug-likeness (QED) is 0.782. The summed E-state index contributed by atoms with van der Waals surface area (Å²) in [4.78, 5) is 4.87. The van der Waals surface area contributed by atoms with Crippen molar-refractivity contribution in [2.45, 2.75) is 51.6 Å². The molecule has 0 spiro atoms. The molecule has 3 rings (SSSR count). The molecule has 1 aromatic rings. The Hall–Kier alpha value is -0.870. The average Bonchev–Trinajstić information content (AvgIpc) is 3.17. The van der Waals surface area contributed by atoms with Gasteiger partial charge in [0.2, 0.25) is 0 Å². The third-order valence-corrected chi connectivity index (χ3v) is 3.83. The second-order valence-corrected chi connectivity index (χ2v) is 5.27. The molecule has 0 unspecified atom stereocenters. The van der Waals surface area contributed by atoms with Gasteiger partial charge < -0.3 is 14.6 Å². The van der Waals surface area contributed by atoms with Crippen molar-refractivity contribution in [3.05, 3.63) is 17.2 Å². The van der Waals surface area contributed by atoms with Crippen LogP contribution < -0.4 is 5.32 Å².